The predicted molar refractivity (Wildman–Crippen MR) is 84.7 cm³/mol. The number of ether oxygens (including phenoxy) is 2. The molecule has 0 aliphatic rings. The second-order valence-electron chi connectivity index (χ2n) is 4.47. The molecule has 0 fully saturated rings. The Hall–Kier alpha value is -2.80. The van der Waals surface area contributed by atoms with Gasteiger partial charge in [-0.1, -0.05) is 17.7 Å². The van der Waals surface area contributed by atoms with Gasteiger partial charge < -0.3 is 15.2 Å². The zero-order chi connectivity index (χ0) is 16.8. The van der Waals surface area contributed by atoms with Crippen molar-refractivity contribution < 1.29 is 19.2 Å². The summed E-state index contributed by atoms with van der Waals surface area (Å²) in [7, 11) is 0. The maximum atomic E-state index is 11.8. The number of nitrogens with zero attached hydrogens (tertiary/aromatic N) is 1. The fourth-order valence-corrected chi connectivity index (χ4v) is 1.94. The maximum absolute atomic E-state index is 11.8. The molecule has 0 aliphatic carbocycles. The molecule has 2 N–H and O–H groups in total. The van der Waals surface area contributed by atoms with Crippen molar-refractivity contribution >= 4 is 28.9 Å². The van der Waals surface area contributed by atoms with E-state index in [0.29, 0.717) is 10.8 Å². The number of carbonyl (C=O) groups excluding carboxylic acids is 1. The summed E-state index contributed by atoms with van der Waals surface area (Å²) >= 11 is 5.81. The molecule has 0 amide bonds. The highest BCUT2D eigenvalue weighted by Crippen LogP contribution is 2.22. The molecule has 0 aromatic heterocycles. The normalized spacial score (nSPS) is 10.1. The van der Waals surface area contributed by atoms with Crippen LogP contribution in [0.2, 0.25) is 5.02 Å². The van der Waals surface area contributed by atoms with Crippen LogP contribution in [0.1, 0.15) is 10.4 Å². The summed E-state index contributed by atoms with van der Waals surface area (Å²) < 4.78 is 10.4. The van der Waals surface area contributed by atoms with Gasteiger partial charge in [-0.15, -0.1) is 0 Å². The first kappa shape index (κ1) is 16.6. The number of nitro groups is 1. The number of nitrogens with two attached hydrogens (primary N) is 1. The number of halogens is 1. The van der Waals surface area contributed by atoms with E-state index in [1.54, 1.807) is 24.3 Å². The molecule has 120 valence electrons. The van der Waals surface area contributed by atoms with E-state index in [2.05, 4.69) is 0 Å². The third-order valence-electron chi connectivity index (χ3n) is 2.84. The minimum absolute atomic E-state index is 0.0104. The summed E-state index contributed by atoms with van der Waals surface area (Å²) in [4.78, 5) is 22.0. The number of rotatable bonds is 6. The van der Waals surface area contributed by atoms with Crippen LogP contribution in [0.3, 0.4) is 0 Å². The highest BCUT2D eigenvalue weighted by atomic mass is 35.5. The Balaban J connectivity index is 1.88. The Morgan fingerprint density at radius 3 is 2.70 bits per heavy atom. The fourth-order valence-electron chi connectivity index (χ4n) is 1.76. The van der Waals surface area contributed by atoms with E-state index >= 15 is 0 Å². The minimum atomic E-state index is -0.692. The average Bonchev–Trinajstić information content (AvgIpc) is 2.51. The fraction of sp³-hybridized carbons (Fsp3) is 0.133. The lowest BCUT2D eigenvalue weighted by Gasteiger charge is -2.08. The van der Waals surface area contributed by atoms with Crippen LogP contribution < -0.4 is 10.5 Å². The summed E-state index contributed by atoms with van der Waals surface area (Å²) in [6.45, 7) is 0.118. The first-order valence-corrected chi connectivity index (χ1v) is 6.94. The van der Waals surface area contributed by atoms with E-state index in [1.165, 1.54) is 12.1 Å². The van der Waals surface area contributed by atoms with Gasteiger partial charge in [0.2, 0.25) is 0 Å². The number of hydrogen-bond donors (Lipinski definition) is 1. The van der Waals surface area contributed by atoms with Crippen molar-refractivity contribution in [1.29, 1.82) is 0 Å². The summed E-state index contributed by atoms with van der Waals surface area (Å²) in [5, 5.41) is 11.3. The zero-order valence-electron chi connectivity index (χ0n) is 11.9. The first-order chi connectivity index (χ1) is 11.0. The van der Waals surface area contributed by atoms with E-state index in [4.69, 9.17) is 26.8 Å². The quantitative estimate of drug-likeness (QED) is 0.286. The van der Waals surface area contributed by atoms with Gasteiger partial charge in [0.1, 0.15) is 24.7 Å². The summed E-state index contributed by atoms with van der Waals surface area (Å²) in [6.07, 6.45) is 0. The van der Waals surface area contributed by atoms with Gasteiger partial charge in [-0.3, -0.25) is 10.1 Å². The topological polar surface area (TPSA) is 105 Å². The largest absolute Gasteiger partial charge is 0.490 e. The van der Waals surface area contributed by atoms with Crippen molar-refractivity contribution in [3.8, 4) is 5.75 Å². The molecule has 0 atom stereocenters. The third-order valence-corrected chi connectivity index (χ3v) is 3.08. The number of benzene rings is 2. The predicted octanol–water partition coefficient (Wildman–Crippen LogP) is 3.07. The van der Waals surface area contributed by atoms with Crippen LogP contribution in [0, 0.1) is 10.1 Å². The van der Waals surface area contributed by atoms with Gasteiger partial charge in [-0.2, -0.15) is 0 Å². The SMILES string of the molecule is Nc1ccc(C(=O)OCCOc2cccc(Cl)c2)cc1[N+](=O)[O-]. The summed E-state index contributed by atoms with van der Waals surface area (Å²) in [6, 6.07) is 10.5. The van der Waals surface area contributed by atoms with Crippen LogP contribution in [0.4, 0.5) is 11.4 Å². The van der Waals surface area contributed by atoms with Crippen LogP contribution in [-0.2, 0) is 4.74 Å². The molecule has 2 aromatic rings. The summed E-state index contributed by atoms with van der Waals surface area (Å²) in [5.74, 6) is -0.139. The Morgan fingerprint density at radius 2 is 2.00 bits per heavy atom. The monoisotopic (exact) mass is 336 g/mol. The van der Waals surface area contributed by atoms with Crippen LogP contribution in [0.15, 0.2) is 42.5 Å². The van der Waals surface area contributed by atoms with Gasteiger partial charge in [0.15, 0.2) is 0 Å². The van der Waals surface area contributed by atoms with Crippen molar-refractivity contribution in [3.05, 3.63) is 63.2 Å². The van der Waals surface area contributed by atoms with E-state index in [9.17, 15) is 14.9 Å². The minimum Gasteiger partial charge on any atom is -0.490 e. The number of nitro benzene ring substituents is 1. The molecule has 2 rings (SSSR count). The summed E-state index contributed by atoms with van der Waals surface area (Å²) in [5.41, 5.74) is 5.16. The number of esters is 1. The van der Waals surface area contributed by atoms with Crippen molar-refractivity contribution in [3.63, 3.8) is 0 Å². The molecule has 0 heterocycles. The number of hydrogen-bond acceptors (Lipinski definition) is 6. The Kier molecular flexibility index (Phi) is 5.37. The Morgan fingerprint density at radius 1 is 1.22 bits per heavy atom. The molecular weight excluding hydrogens is 324 g/mol. The van der Waals surface area contributed by atoms with E-state index in [1.807, 2.05) is 0 Å². The molecule has 23 heavy (non-hydrogen) atoms. The molecular formula is C15H13ClN2O5. The Labute approximate surface area is 136 Å². The van der Waals surface area contributed by atoms with Crippen LogP contribution in [0.5, 0.6) is 5.75 Å². The molecule has 0 saturated heterocycles. The molecule has 8 heteroatoms. The zero-order valence-corrected chi connectivity index (χ0v) is 12.7. The molecule has 0 radical (unpaired) electrons. The van der Waals surface area contributed by atoms with Gasteiger partial charge in [0.05, 0.1) is 10.5 Å². The molecule has 2 aromatic carbocycles. The standard InChI is InChI=1S/C15H13ClN2O5/c16-11-2-1-3-12(9-11)22-6-7-23-15(19)10-4-5-13(17)14(8-10)18(20)21/h1-5,8-9H,6-7,17H2. The van der Waals surface area contributed by atoms with Crippen LogP contribution in [-0.4, -0.2) is 24.1 Å². The van der Waals surface area contributed by atoms with Crippen molar-refractivity contribution in [2.45, 2.75) is 0 Å². The molecule has 0 aliphatic heterocycles. The van der Waals surface area contributed by atoms with Crippen molar-refractivity contribution in [2.75, 3.05) is 18.9 Å². The second kappa shape index (κ2) is 7.46. The first-order valence-electron chi connectivity index (χ1n) is 6.57. The van der Waals surface area contributed by atoms with Crippen LogP contribution >= 0.6 is 11.6 Å². The highest BCUT2D eigenvalue weighted by molar-refractivity contribution is 6.30. The van der Waals surface area contributed by atoms with Gasteiger partial charge in [-0.05, 0) is 30.3 Å². The van der Waals surface area contributed by atoms with Crippen molar-refractivity contribution in [2.24, 2.45) is 0 Å². The van der Waals surface area contributed by atoms with Gasteiger partial charge in [0, 0.05) is 11.1 Å². The molecule has 0 saturated carbocycles. The molecule has 0 unspecified atom stereocenters. The second-order valence-corrected chi connectivity index (χ2v) is 4.91. The number of nitrogen functional groups attached to an aromatic ring is 1. The lowest BCUT2D eigenvalue weighted by molar-refractivity contribution is -0.383. The van der Waals surface area contributed by atoms with E-state index in [-0.39, 0.29) is 30.2 Å². The average molecular weight is 337 g/mol. The smallest absolute Gasteiger partial charge is 0.338 e. The lowest BCUT2D eigenvalue weighted by atomic mass is 10.2. The molecule has 7 nitrogen and oxygen atoms in total. The number of carbonyl (C=O) groups is 1. The van der Waals surface area contributed by atoms with Gasteiger partial charge in [0.25, 0.3) is 5.69 Å². The highest BCUT2D eigenvalue weighted by Gasteiger charge is 2.16. The Bertz CT molecular complexity index is 736. The van der Waals surface area contributed by atoms with Crippen molar-refractivity contribution in [1.82, 2.24) is 0 Å². The lowest BCUT2D eigenvalue weighted by Crippen LogP contribution is -2.12. The van der Waals surface area contributed by atoms with Crippen LogP contribution in [0.25, 0.3) is 0 Å². The van der Waals surface area contributed by atoms with Gasteiger partial charge >= 0.3 is 5.97 Å². The maximum Gasteiger partial charge on any atom is 0.338 e. The third kappa shape index (κ3) is 4.58. The van der Waals surface area contributed by atoms with Gasteiger partial charge in [-0.25, -0.2) is 4.79 Å². The molecule has 0 bridgehead atoms. The van der Waals surface area contributed by atoms with E-state index in [0.717, 1.165) is 6.07 Å². The number of anilines is 1. The molecule has 0 spiro atoms. The van der Waals surface area contributed by atoms with E-state index < -0.39 is 10.9 Å².